The number of carbonyl (C=O) groups excluding carboxylic acids is 1. The summed E-state index contributed by atoms with van der Waals surface area (Å²) >= 11 is 1.80. The number of hydrogen-bond acceptors (Lipinski definition) is 4. The third-order valence-corrected chi connectivity index (χ3v) is 5.32. The van der Waals surface area contributed by atoms with Crippen molar-refractivity contribution in [1.29, 1.82) is 0 Å². The van der Waals surface area contributed by atoms with E-state index in [0.717, 1.165) is 23.4 Å². The highest BCUT2D eigenvalue weighted by Gasteiger charge is 2.20. The minimum absolute atomic E-state index is 0.0972. The van der Waals surface area contributed by atoms with E-state index in [1.807, 2.05) is 30.3 Å². The summed E-state index contributed by atoms with van der Waals surface area (Å²) in [5.74, 6) is -0.0972. The van der Waals surface area contributed by atoms with E-state index in [0.29, 0.717) is 6.54 Å². The quantitative estimate of drug-likeness (QED) is 0.885. The van der Waals surface area contributed by atoms with Crippen molar-refractivity contribution in [3.8, 4) is 0 Å². The predicted octanol–water partition coefficient (Wildman–Crippen LogP) is 3.07. The van der Waals surface area contributed by atoms with Crippen molar-refractivity contribution in [2.75, 3.05) is 13.7 Å². The van der Waals surface area contributed by atoms with Crippen LogP contribution < -0.4 is 5.32 Å². The smallest absolute Gasteiger partial charge is 0.253 e. The molecular weight excluding hydrogens is 308 g/mol. The number of thiazole rings is 1. The van der Waals surface area contributed by atoms with Gasteiger partial charge in [-0.3, -0.25) is 4.79 Å². The van der Waals surface area contributed by atoms with Gasteiger partial charge in [-0.15, -0.1) is 11.3 Å². The molecule has 1 heterocycles. The molecule has 0 saturated heterocycles. The van der Waals surface area contributed by atoms with E-state index in [-0.39, 0.29) is 5.91 Å². The van der Waals surface area contributed by atoms with Gasteiger partial charge >= 0.3 is 0 Å². The Balaban J connectivity index is 1.53. The van der Waals surface area contributed by atoms with Crippen molar-refractivity contribution in [2.24, 2.45) is 0 Å². The highest BCUT2D eigenvalue weighted by molar-refractivity contribution is 7.11. The molecule has 0 spiro atoms. The number of aromatic nitrogens is 1. The predicted molar refractivity (Wildman–Crippen MR) is 91.7 cm³/mol. The Bertz CT molecular complexity index is 631. The molecule has 3 rings (SSSR count). The summed E-state index contributed by atoms with van der Waals surface area (Å²) in [4.78, 5) is 18.5. The maximum absolute atomic E-state index is 12.3. The number of benzene rings is 1. The average molecular weight is 330 g/mol. The second-order valence-corrected chi connectivity index (χ2v) is 6.92. The van der Waals surface area contributed by atoms with Crippen molar-refractivity contribution < 1.29 is 9.53 Å². The lowest BCUT2D eigenvalue weighted by atomic mass is 10.0. The van der Waals surface area contributed by atoms with Crippen LogP contribution in [0.15, 0.2) is 30.3 Å². The lowest BCUT2D eigenvalue weighted by molar-refractivity contribution is -0.131. The van der Waals surface area contributed by atoms with E-state index in [9.17, 15) is 4.79 Å². The number of fused-ring (bicyclic) bond motifs is 1. The molecular formula is C18H22N2O2S. The Hall–Kier alpha value is -1.72. The molecule has 1 aromatic heterocycles. The van der Waals surface area contributed by atoms with Gasteiger partial charge in [0, 0.05) is 25.0 Å². The molecule has 0 bridgehead atoms. The molecule has 1 aliphatic rings. The molecule has 0 unspecified atom stereocenters. The third kappa shape index (κ3) is 3.98. The van der Waals surface area contributed by atoms with Gasteiger partial charge in [-0.2, -0.15) is 0 Å². The first kappa shape index (κ1) is 16.1. The molecule has 4 nitrogen and oxygen atoms in total. The standard InChI is InChI=1S/C18H22N2O2S/c1-22-17(13-7-3-2-4-8-13)18(21)19-12-11-16-20-14-9-5-6-10-15(14)23-16/h2-4,7-8,17H,5-6,9-12H2,1H3,(H,19,21)/t17-/m0/s1. The summed E-state index contributed by atoms with van der Waals surface area (Å²) in [6.45, 7) is 0.595. The van der Waals surface area contributed by atoms with E-state index in [4.69, 9.17) is 9.72 Å². The number of methoxy groups -OCH3 is 1. The van der Waals surface area contributed by atoms with Crippen LogP contribution in [-0.2, 0) is 28.8 Å². The lowest BCUT2D eigenvalue weighted by Crippen LogP contribution is -2.31. The van der Waals surface area contributed by atoms with Gasteiger partial charge in [-0.05, 0) is 31.2 Å². The van der Waals surface area contributed by atoms with Gasteiger partial charge in [0.05, 0.1) is 10.7 Å². The number of nitrogens with one attached hydrogen (secondary N) is 1. The van der Waals surface area contributed by atoms with Crippen molar-refractivity contribution in [2.45, 2.75) is 38.2 Å². The van der Waals surface area contributed by atoms with Crippen LogP contribution in [0.4, 0.5) is 0 Å². The molecule has 0 fully saturated rings. The van der Waals surface area contributed by atoms with E-state index < -0.39 is 6.10 Å². The molecule has 1 aliphatic carbocycles. The Labute approximate surface area is 140 Å². The summed E-state index contributed by atoms with van der Waals surface area (Å²) in [6.07, 6.45) is 5.03. The topological polar surface area (TPSA) is 51.2 Å². The fourth-order valence-corrected chi connectivity index (χ4v) is 4.08. The van der Waals surface area contributed by atoms with E-state index in [1.165, 1.54) is 29.8 Å². The SMILES string of the molecule is CO[C@H](C(=O)NCCc1nc2c(s1)CCCC2)c1ccccc1. The van der Waals surface area contributed by atoms with E-state index in [2.05, 4.69) is 5.32 Å². The summed E-state index contributed by atoms with van der Waals surface area (Å²) in [5.41, 5.74) is 2.15. The molecule has 1 amide bonds. The third-order valence-electron chi connectivity index (χ3n) is 4.10. The first-order valence-electron chi connectivity index (χ1n) is 8.11. The number of amides is 1. The fraction of sp³-hybridized carbons (Fsp3) is 0.444. The lowest BCUT2D eigenvalue weighted by Gasteiger charge is -2.15. The maximum atomic E-state index is 12.3. The Kier molecular flexibility index (Phi) is 5.41. The van der Waals surface area contributed by atoms with Gasteiger partial charge in [0.25, 0.3) is 5.91 Å². The first-order chi connectivity index (χ1) is 11.3. The summed E-state index contributed by atoms with van der Waals surface area (Å²) in [5, 5.41) is 4.09. The van der Waals surface area contributed by atoms with Crippen LogP contribution in [-0.4, -0.2) is 24.5 Å². The molecule has 1 N–H and O–H groups in total. The van der Waals surface area contributed by atoms with Gasteiger partial charge in [-0.25, -0.2) is 4.98 Å². The van der Waals surface area contributed by atoms with Gasteiger partial charge in [-0.1, -0.05) is 30.3 Å². The zero-order chi connectivity index (χ0) is 16.1. The number of aryl methyl sites for hydroxylation is 2. The highest BCUT2D eigenvalue weighted by Crippen LogP contribution is 2.26. The van der Waals surface area contributed by atoms with Crippen LogP contribution in [0.3, 0.4) is 0 Å². The van der Waals surface area contributed by atoms with Gasteiger partial charge in [0.1, 0.15) is 0 Å². The van der Waals surface area contributed by atoms with E-state index in [1.54, 1.807) is 18.4 Å². The highest BCUT2D eigenvalue weighted by atomic mass is 32.1. The van der Waals surface area contributed by atoms with Crippen LogP contribution >= 0.6 is 11.3 Å². The maximum Gasteiger partial charge on any atom is 0.253 e. The average Bonchev–Trinajstić information content (AvgIpc) is 2.99. The summed E-state index contributed by atoms with van der Waals surface area (Å²) in [7, 11) is 1.56. The normalized spacial score (nSPS) is 15.0. The Morgan fingerprint density at radius 2 is 2.09 bits per heavy atom. The summed E-state index contributed by atoms with van der Waals surface area (Å²) in [6, 6.07) is 9.56. The molecule has 2 aromatic rings. The number of nitrogens with zero attached hydrogens (tertiary/aromatic N) is 1. The monoisotopic (exact) mass is 330 g/mol. The largest absolute Gasteiger partial charge is 0.367 e. The van der Waals surface area contributed by atoms with Crippen molar-refractivity contribution in [3.05, 3.63) is 51.5 Å². The molecule has 23 heavy (non-hydrogen) atoms. The summed E-state index contributed by atoms with van der Waals surface area (Å²) < 4.78 is 5.34. The first-order valence-corrected chi connectivity index (χ1v) is 8.92. The molecule has 0 aliphatic heterocycles. The zero-order valence-corrected chi connectivity index (χ0v) is 14.2. The number of carbonyl (C=O) groups is 1. The second kappa shape index (κ2) is 7.70. The Morgan fingerprint density at radius 3 is 2.83 bits per heavy atom. The van der Waals surface area contributed by atoms with Gasteiger partial charge in [0.2, 0.25) is 0 Å². The molecule has 1 aromatic carbocycles. The van der Waals surface area contributed by atoms with Gasteiger partial charge < -0.3 is 10.1 Å². The Morgan fingerprint density at radius 1 is 1.30 bits per heavy atom. The minimum atomic E-state index is -0.555. The minimum Gasteiger partial charge on any atom is -0.367 e. The van der Waals surface area contributed by atoms with Crippen molar-refractivity contribution in [3.63, 3.8) is 0 Å². The van der Waals surface area contributed by atoms with Crippen LogP contribution in [0.25, 0.3) is 0 Å². The molecule has 5 heteroatoms. The number of hydrogen-bond donors (Lipinski definition) is 1. The molecule has 0 radical (unpaired) electrons. The van der Waals surface area contributed by atoms with Crippen LogP contribution in [0, 0.1) is 0 Å². The van der Waals surface area contributed by atoms with E-state index >= 15 is 0 Å². The zero-order valence-electron chi connectivity index (χ0n) is 13.4. The van der Waals surface area contributed by atoms with Crippen LogP contribution in [0.1, 0.15) is 40.1 Å². The molecule has 0 saturated carbocycles. The number of rotatable bonds is 6. The van der Waals surface area contributed by atoms with Crippen molar-refractivity contribution >= 4 is 17.2 Å². The second-order valence-electron chi connectivity index (χ2n) is 5.75. The molecule has 1 atom stereocenters. The number of ether oxygens (including phenoxy) is 1. The van der Waals surface area contributed by atoms with Crippen LogP contribution in [0.2, 0.25) is 0 Å². The van der Waals surface area contributed by atoms with Crippen molar-refractivity contribution in [1.82, 2.24) is 10.3 Å². The van der Waals surface area contributed by atoms with Crippen LogP contribution in [0.5, 0.6) is 0 Å². The van der Waals surface area contributed by atoms with Gasteiger partial charge in [0.15, 0.2) is 6.10 Å². The molecule has 122 valence electrons. The fourth-order valence-electron chi connectivity index (χ4n) is 2.92.